The molecule has 3 aromatic rings. The summed E-state index contributed by atoms with van der Waals surface area (Å²) in [6, 6.07) is 13.4. The van der Waals surface area contributed by atoms with Crippen molar-refractivity contribution >= 4 is 40.1 Å². The number of carbonyl (C=O) groups excluding carboxylic acids is 4. The van der Waals surface area contributed by atoms with Crippen molar-refractivity contribution in [3.8, 4) is 0 Å². The van der Waals surface area contributed by atoms with Gasteiger partial charge in [0, 0.05) is 39.1 Å². The Balaban J connectivity index is 1.71. The van der Waals surface area contributed by atoms with E-state index < -0.39 is 23.6 Å². The van der Waals surface area contributed by atoms with Crippen LogP contribution in [0.4, 0.5) is 5.69 Å². The Morgan fingerprint density at radius 2 is 0.969 bits per heavy atom. The average molecular weight is 426 g/mol. The van der Waals surface area contributed by atoms with Gasteiger partial charge in [-0.15, -0.1) is 0 Å². The van der Waals surface area contributed by atoms with Gasteiger partial charge >= 0.3 is 0 Å². The van der Waals surface area contributed by atoms with E-state index >= 15 is 0 Å². The molecule has 6 heteroatoms. The molecule has 5 rings (SSSR count). The number of hydrogen-bond acceptors (Lipinski definition) is 4. The summed E-state index contributed by atoms with van der Waals surface area (Å²) in [6.45, 7) is 7.70. The fraction of sp³-hybridized carbons (Fsp3) is 0.231. The first-order chi connectivity index (χ1) is 15.2. The minimum atomic E-state index is -0.463. The average Bonchev–Trinajstić information content (AvgIpc) is 2.76. The van der Waals surface area contributed by atoms with Crippen LogP contribution in [0.3, 0.4) is 0 Å². The highest BCUT2D eigenvalue weighted by Crippen LogP contribution is 2.39. The van der Waals surface area contributed by atoms with E-state index in [1.807, 2.05) is 12.1 Å². The maximum absolute atomic E-state index is 13.4. The lowest BCUT2D eigenvalue weighted by Crippen LogP contribution is -2.45. The predicted molar refractivity (Wildman–Crippen MR) is 121 cm³/mol. The number of hydrogen-bond donors (Lipinski definition) is 0. The third-order valence-electron chi connectivity index (χ3n) is 6.26. The van der Waals surface area contributed by atoms with E-state index in [9.17, 15) is 19.2 Å². The molecule has 0 saturated heterocycles. The molecule has 4 amide bonds. The molecule has 2 heterocycles. The van der Waals surface area contributed by atoms with Crippen LogP contribution >= 0.6 is 0 Å². The fourth-order valence-electron chi connectivity index (χ4n) is 4.61. The highest BCUT2D eigenvalue weighted by atomic mass is 16.2. The van der Waals surface area contributed by atoms with Crippen LogP contribution in [0.15, 0.2) is 48.5 Å². The summed E-state index contributed by atoms with van der Waals surface area (Å²) in [7, 11) is 0. The summed E-state index contributed by atoms with van der Waals surface area (Å²) in [5.41, 5.74) is 2.89. The smallest absolute Gasteiger partial charge is 0.265 e. The molecule has 0 aliphatic carbocycles. The molecule has 0 bridgehead atoms. The zero-order valence-electron chi connectivity index (χ0n) is 18.3. The summed E-state index contributed by atoms with van der Waals surface area (Å²) in [5, 5.41) is 0.776. The number of rotatable bonds is 3. The number of carbonyl (C=O) groups is 4. The van der Waals surface area contributed by atoms with Crippen molar-refractivity contribution in [1.82, 2.24) is 4.90 Å². The van der Waals surface area contributed by atoms with Crippen LogP contribution < -0.4 is 4.90 Å². The highest BCUT2D eigenvalue weighted by Gasteiger charge is 2.40. The van der Waals surface area contributed by atoms with E-state index in [4.69, 9.17) is 0 Å². The lowest BCUT2D eigenvalue weighted by atomic mass is 9.85. The third kappa shape index (κ3) is 2.59. The number of imide groups is 2. The van der Waals surface area contributed by atoms with Gasteiger partial charge in [0.25, 0.3) is 23.6 Å². The predicted octanol–water partition coefficient (Wildman–Crippen LogP) is 4.77. The standard InChI is InChI=1S/C26H22N2O4/c1-13(2)15-5-7-16(8-6-15)28-25(31)19-11-9-17-21-18(10-12-20(22(19)21)26(28)32)24(30)27(14(3)4)23(17)29/h5-14H,1-4H3. The second kappa shape index (κ2) is 6.85. The van der Waals surface area contributed by atoms with E-state index in [2.05, 4.69) is 13.8 Å². The van der Waals surface area contributed by atoms with E-state index in [0.717, 1.165) is 10.5 Å². The quantitative estimate of drug-likeness (QED) is 0.566. The second-order valence-corrected chi connectivity index (χ2v) is 8.84. The lowest BCUT2D eigenvalue weighted by Gasteiger charge is -2.33. The minimum Gasteiger partial charge on any atom is -0.272 e. The molecule has 2 aliphatic heterocycles. The second-order valence-electron chi connectivity index (χ2n) is 8.84. The Morgan fingerprint density at radius 1 is 0.562 bits per heavy atom. The molecule has 0 aromatic heterocycles. The van der Waals surface area contributed by atoms with Crippen LogP contribution in [0.2, 0.25) is 0 Å². The topological polar surface area (TPSA) is 74.8 Å². The van der Waals surface area contributed by atoms with Crippen LogP contribution in [0.5, 0.6) is 0 Å². The normalized spacial score (nSPS) is 15.6. The van der Waals surface area contributed by atoms with Gasteiger partial charge in [-0.2, -0.15) is 0 Å². The molecule has 0 fully saturated rings. The first-order valence-corrected chi connectivity index (χ1v) is 10.7. The molecule has 3 aromatic carbocycles. The first-order valence-electron chi connectivity index (χ1n) is 10.7. The molecule has 0 unspecified atom stereocenters. The Morgan fingerprint density at radius 3 is 1.34 bits per heavy atom. The van der Waals surface area contributed by atoms with Crippen LogP contribution in [0.1, 0.15) is 80.6 Å². The van der Waals surface area contributed by atoms with Gasteiger partial charge in [-0.3, -0.25) is 24.1 Å². The highest BCUT2D eigenvalue weighted by molar-refractivity contribution is 6.39. The van der Waals surface area contributed by atoms with E-state index in [0.29, 0.717) is 44.6 Å². The van der Waals surface area contributed by atoms with Crippen molar-refractivity contribution in [2.45, 2.75) is 39.7 Å². The van der Waals surface area contributed by atoms with Crippen LogP contribution in [-0.2, 0) is 0 Å². The molecular weight excluding hydrogens is 404 g/mol. The number of amides is 4. The maximum atomic E-state index is 13.4. The van der Waals surface area contributed by atoms with E-state index in [-0.39, 0.29) is 6.04 Å². The van der Waals surface area contributed by atoms with Gasteiger partial charge in [0.05, 0.1) is 5.69 Å². The Kier molecular flexibility index (Phi) is 4.31. The molecule has 0 saturated carbocycles. The minimum absolute atomic E-state index is 0.307. The van der Waals surface area contributed by atoms with Crippen LogP contribution in [-0.4, -0.2) is 34.6 Å². The third-order valence-corrected chi connectivity index (χ3v) is 6.26. The van der Waals surface area contributed by atoms with Gasteiger partial charge in [0.15, 0.2) is 0 Å². The van der Waals surface area contributed by atoms with Crippen molar-refractivity contribution in [3.05, 3.63) is 76.3 Å². The molecule has 160 valence electrons. The number of benzene rings is 3. The molecule has 0 N–H and O–H groups in total. The van der Waals surface area contributed by atoms with Gasteiger partial charge in [0.2, 0.25) is 0 Å². The summed E-state index contributed by atoms with van der Waals surface area (Å²) < 4.78 is 0. The zero-order valence-corrected chi connectivity index (χ0v) is 18.3. The van der Waals surface area contributed by atoms with Crippen molar-refractivity contribution in [1.29, 1.82) is 0 Å². The monoisotopic (exact) mass is 426 g/mol. The maximum Gasteiger partial charge on any atom is 0.265 e. The summed E-state index contributed by atoms with van der Waals surface area (Å²) in [5.74, 6) is -1.42. The van der Waals surface area contributed by atoms with Gasteiger partial charge in [-0.25, -0.2) is 4.90 Å². The van der Waals surface area contributed by atoms with Gasteiger partial charge < -0.3 is 0 Å². The summed E-state index contributed by atoms with van der Waals surface area (Å²) in [4.78, 5) is 55.3. The summed E-state index contributed by atoms with van der Waals surface area (Å²) in [6.07, 6.45) is 0. The van der Waals surface area contributed by atoms with Gasteiger partial charge in [-0.05, 0) is 61.7 Å². The first kappa shape index (κ1) is 20.1. The molecule has 0 spiro atoms. The van der Waals surface area contributed by atoms with Crippen molar-refractivity contribution < 1.29 is 19.2 Å². The van der Waals surface area contributed by atoms with Gasteiger partial charge in [0.1, 0.15) is 0 Å². The van der Waals surface area contributed by atoms with Crippen LogP contribution in [0.25, 0.3) is 10.8 Å². The Bertz CT molecular complexity index is 1280. The van der Waals surface area contributed by atoms with E-state index in [1.54, 1.807) is 50.2 Å². The molecule has 2 aliphatic rings. The molecule has 0 radical (unpaired) electrons. The SMILES string of the molecule is CC(C)c1ccc(N2C(=O)c3ccc4c5c(ccc(c35)C2=O)C(=O)N(C(C)C)C4=O)cc1. The Labute approximate surface area is 185 Å². The molecule has 0 atom stereocenters. The lowest BCUT2D eigenvalue weighted by molar-refractivity contribution is 0.0562. The van der Waals surface area contributed by atoms with Crippen LogP contribution in [0, 0.1) is 0 Å². The van der Waals surface area contributed by atoms with Gasteiger partial charge in [-0.1, -0.05) is 26.0 Å². The summed E-state index contributed by atoms with van der Waals surface area (Å²) >= 11 is 0. The van der Waals surface area contributed by atoms with E-state index in [1.165, 1.54) is 4.90 Å². The molecular formula is C26H22N2O4. The number of anilines is 1. The fourth-order valence-corrected chi connectivity index (χ4v) is 4.61. The number of nitrogens with zero attached hydrogens (tertiary/aromatic N) is 2. The molecule has 6 nitrogen and oxygen atoms in total. The zero-order chi connectivity index (χ0) is 22.9. The van der Waals surface area contributed by atoms with Crippen molar-refractivity contribution in [2.24, 2.45) is 0 Å². The molecule has 32 heavy (non-hydrogen) atoms. The van der Waals surface area contributed by atoms with Crippen molar-refractivity contribution in [3.63, 3.8) is 0 Å². The largest absolute Gasteiger partial charge is 0.272 e. The Hall–Kier alpha value is -3.80. The van der Waals surface area contributed by atoms with Crippen molar-refractivity contribution in [2.75, 3.05) is 4.90 Å².